The second-order valence-corrected chi connectivity index (χ2v) is 6.96. The van der Waals surface area contributed by atoms with E-state index >= 15 is 0 Å². The Morgan fingerprint density at radius 1 is 1.00 bits per heavy atom. The second kappa shape index (κ2) is 5.61. The number of imidazole rings is 1. The highest BCUT2D eigenvalue weighted by molar-refractivity contribution is 5.58. The van der Waals surface area contributed by atoms with Crippen LogP contribution in [-0.4, -0.2) is 9.38 Å². The van der Waals surface area contributed by atoms with Crippen LogP contribution >= 0.6 is 0 Å². The van der Waals surface area contributed by atoms with Crippen molar-refractivity contribution in [2.24, 2.45) is 10.2 Å². The van der Waals surface area contributed by atoms with Gasteiger partial charge in [-0.3, -0.25) is 4.40 Å². The van der Waals surface area contributed by atoms with Gasteiger partial charge in [-0.25, -0.2) is 4.98 Å². The highest BCUT2D eigenvalue weighted by Crippen LogP contribution is 2.33. The molecule has 0 saturated heterocycles. The lowest BCUT2D eigenvalue weighted by atomic mass is 9.92. The number of aromatic nitrogens is 2. The normalized spacial score (nSPS) is 12.4. The first kappa shape index (κ1) is 15.4. The minimum atomic E-state index is -0.0978. The quantitative estimate of drug-likeness (QED) is 0.563. The highest BCUT2D eigenvalue weighted by Gasteiger charge is 2.24. The number of fused-ring (bicyclic) bond motifs is 1. The highest BCUT2D eigenvalue weighted by atomic mass is 15.2. The maximum atomic E-state index is 4.82. The summed E-state index contributed by atoms with van der Waals surface area (Å²) >= 11 is 0. The van der Waals surface area contributed by atoms with Crippen molar-refractivity contribution in [2.45, 2.75) is 40.0 Å². The summed E-state index contributed by atoms with van der Waals surface area (Å²) in [6.07, 6.45) is 2.00. The molecule has 0 atom stereocenters. The summed E-state index contributed by atoms with van der Waals surface area (Å²) in [5.74, 6) is 0.803. The Bertz CT molecular complexity index is 882. The van der Waals surface area contributed by atoms with E-state index in [4.69, 9.17) is 4.98 Å². The van der Waals surface area contributed by atoms with Gasteiger partial charge in [0.2, 0.25) is 0 Å². The van der Waals surface area contributed by atoms with Crippen LogP contribution in [0.5, 0.6) is 0 Å². The number of benzene rings is 1. The molecule has 0 spiro atoms. The van der Waals surface area contributed by atoms with Gasteiger partial charge in [0.05, 0.1) is 11.4 Å². The lowest BCUT2D eigenvalue weighted by Gasteiger charge is -2.15. The summed E-state index contributed by atoms with van der Waals surface area (Å²) in [6.45, 7) is 10.6. The monoisotopic (exact) mass is 306 g/mol. The summed E-state index contributed by atoms with van der Waals surface area (Å²) in [5.41, 5.74) is 4.96. The zero-order valence-electron chi connectivity index (χ0n) is 14.3. The van der Waals surface area contributed by atoms with Gasteiger partial charge in [-0.15, -0.1) is 10.2 Å². The predicted molar refractivity (Wildman–Crippen MR) is 94.0 cm³/mol. The zero-order valence-corrected chi connectivity index (χ0v) is 14.3. The van der Waals surface area contributed by atoms with Crippen LogP contribution in [0.4, 0.5) is 11.5 Å². The predicted octanol–water partition coefficient (Wildman–Crippen LogP) is 5.66. The SMILES string of the molecule is Cc1cccc(N=Nc2c(C(C)(C)C)nc3c(C)cccn23)c1. The topological polar surface area (TPSA) is 42.0 Å². The zero-order chi connectivity index (χ0) is 16.6. The Labute approximate surface area is 136 Å². The number of azo groups is 1. The van der Waals surface area contributed by atoms with Crippen LogP contribution in [0.25, 0.3) is 5.65 Å². The summed E-state index contributed by atoms with van der Waals surface area (Å²) in [7, 11) is 0. The van der Waals surface area contributed by atoms with Crippen molar-refractivity contribution in [3.05, 3.63) is 59.4 Å². The minimum absolute atomic E-state index is 0.0978. The number of rotatable bonds is 2. The molecular weight excluding hydrogens is 284 g/mol. The van der Waals surface area contributed by atoms with E-state index in [0.29, 0.717) is 0 Å². The maximum Gasteiger partial charge on any atom is 0.183 e. The number of hydrogen-bond acceptors (Lipinski definition) is 3. The molecule has 0 bridgehead atoms. The first-order valence-corrected chi connectivity index (χ1v) is 7.83. The van der Waals surface area contributed by atoms with Crippen LogP contribution in [0.1, 0.15) is 37.6 Å². The molecule has 0 fully saturated rings. The summed E-state index contributed by atoms with van der Waals surface area (Å²) in [6, 6.07) is 12.1. The van der Waals surface area contributed by atoms with Crippen molar-refractivity contribution in [3.8, 4) is 0 Å². The molecule has 0 aliphatic carbocycles. The Hall–Kier alpha value is -2.49. The Morgan fingerprint density at radius 2 is 1.78 bits per heavy atom. The van der Waals surface area contributed by atoms with Crippen molar-refractivity contribution in [1.29, 1.82) is 0 Å². The molecule has 3 rings (SSSR count). The molecule has 118 valence electrons. The fourth-order valence-corrected chi connectivity index (χ4v) is 2.59. The molecule has 0 N–H and O–H groups in total. The van der Waals surface area contributed by atoms with Crippen LogP contribution in [0, 0.1) is 13.8 Å². The Kier molecular flexibility index (Phi) is 3.76. The Morgan fingerprint density at radius 3 is 2.48 bits per heavy atom. The van der Waals surface area contributed by atoms with Crippen molar-refractivity contribution >= 4 is 17.2 Å². The molecule has 2 aromatic heterocycles. The Balaban J connectivity index is 2.17. The van der Waals surface area contributed by atoms with Crippen molar-refractivity contribution in [2.75, 3.05) is 0 Å². The molecule has 4 nitrogen and oxygen atoms in total. The maximum absolute atomic E-state index is 4.82. The number of nitrogens with zero attached hydrogens (tertiary/aromatic N) is 4. The number of hydrogen-bond donors (Lipinski definition) is 0. The standard InChI is InChI=1S/C19H22N4/c1-13-8-6-10-15(12-13)21-22-18-16(19(3,4)5)20-17-14(2)9-7-11-23(17)18/h6-12H,1-5H3. The van der Waals surface area contributed by atoms with Gasteiger partial charge in [-0.1, -0.05) is 39.0 Å². The van der Waals surface area contributed by atoms with Crippen molar-refractivity contribution in [3.63, 3.8) is 0 Å². The van der Waals surface area contributed by atoms with Crippen LogP contribution in [-0.2, 0) is 5.41 Å². The smallest absolute Gasteiger partial charge is 0.183 e. The number of pyridine rings is 1. The van der Waals surface area contributed by atoms with Gasteiger partial charge >= 0.3 is 0 Å². The van der Waals surface area contributed by atoms with E-state index in [1.165, 1.54) is 5.56 Å². The third-order valence-corrected chi connectivity index (χ3v) is 3.79. The van der Waals surface area contributed by atoms with E-state index in [-0.39, 0.29) is 5.41 Å². The summed E-state index contributed by atoms with van der Waals surface area (Å²) in [4.78, 5) is 4.82. The molecule has 0 aliphatic heterocycles. The van der Waals surface area contributed by atoms with Crippen molar-refractivity contribution in [1.82, 2.24) is 9.38 Å². The summed E-state index contributed by atoms with van der Waals surface area (Å²) < 4.78 is 2.02. The van der Waals surface area contributed by atoms with Crippen LogP contribution in [0.15, 0.2) is 52.8 Å². The molecule has 1 aromatic carbocycles. The van der Waals surface area contributed by atoms with E-state index < -0.39 is 0 Å². The van der Waals surface area contributed by atoms with Gasteiger partial charge < -0.3 is 0 Å². The molecule has 0 unspecified atom stereocenters. The third-order valence-electron chi connectivity index (χ3n) is 3.79. The van der Waals surface area contributed by atoms with E-state index in [2.05, 4.69) is 57.0 Å². The molecule has 0 amide bonds. The van der Waals surface area contributed by atoms with Crippen LogP contribution in [0.3, 0.4) is 0 Å². The van der Waals surface area contributed by atoms with Crippen LogP contribution in [0.2, 0.25) is 0 Å². The van der Waals surface area contributed by atoms with Gasteiger partial charge in [0.25, 0.3) is 0 Å². The fraction of sp³-hybridized carbons (Fsp3) is 0.316. The van der Waals surface area contributed by atoms with E-state index in [9.17, 15) is 0 Å². The molecule has 23 heavy (non-hydrogen) atoms. The molecule has 0 radical (unpaired) electrons. The lowest BCUT2D eigenvalue weighted by Crippen LogP contribution is -2.11. The summed E-state index contributed by atoms with van der Waals surface area (Å²) in [5, 5.41) is 8.97. The van der Waals surface area contributed by atoms with Gasteiger partial charge in [-0.2, -0.15) is 0 Å². The molecule has 0 aliphatic rings. The van der Waals surface area contributed by atoms with E-state index in [1.807, 2.05) is 34.9 Å². The average Bonchev–Trinajstić information content (AvgIpc) is 2.85. The van der Waals surface area contributed by atoms with Gasteiger partial charge in [-0.05, 0) is 43.2 Å². The first-order valence-electron chi connectivity index (χ1n) is 7.83. The van der Waals surface area contributed by atoms with Gasteiger partial charge in [0.1, 0.15) is 5.65 Å². The van der Waals surface area contributed by atoms with Crippen molar-refractivity contribution < 1.29 is 0 Å². The van der Waals surface area contributed by atoms with E-state index in [1.54, 1.807) is 0 Å². The van der Waals surface area contributed by atoms with E-state index in [0.717, 1.165) is 28.4 Å². The lowest BCUT2D eigenvalue weighted by molar-refractivity contribution is 0.573. The largest absolute Gasteiger partial charge is 0.283 e. The van der Waals surface area contributed by atoms with Crippen LogP contribution < -0.4 is 0 Å². The molecular formula is C19H22N4. The first-order chi connectivity index (χ1) is 10.9. The molecule has 4 heteroatoms. The fourth-order valence-electron chi connectivity index (χ4n) is 2.59. The minimum Gasteiger partial charge on any atom is -0.283 e. The molecule has 0 saturated carbocycles. The van der Waals surface area contributed by atoms with Gasteiger partial charge in [0, 0.05) is 11.6 Å². The third kappa shape index (κ3) is 3.02. The molecule has 3 aromatic rings. The molecule has 2 heterocycles. The second-order valence-electron chi connectivity index (χ2n) is 6.96. The average molecular weight is 306 g/mol. The number of aryl methyl sites for hydroxylation is 2. The van der Waals surface area contributed by atoms with Gasteiger partial charge in [0.15, 0.2) is 5.82 Å².